The summed E-state index contributed by atoms with van der Waals surface area (Å²) in [7, 11) is 0. The first-order valence-electron chi connectivity index (χ1n) is 8.30. The number of hydrogen-bond donors (Lipinski definition) is 1. The number of hydrogen-bond acceptors (Lipinski definition) is 2. The topological polar surface area (TPSA) is 21.3 Å². The lowest BCUT2D eigenvalue weighted by Crippen LogP contribution is -2.29. The maximum Gasteiger partial charge on any atom is 0.122 e. The number of rotatable bonds is 9. The van der Waals surface area contributed by atoms with Crippen LogP contribution in [0.2, 0.25) is 0 Å². The molecule has 2 atom stereocenters. The molecule has 0 bridgehead atoms. The maximum absolute atomic E-state index is 5.77. The molecule has 0 spiro atoms. The molecule has 1 N–H and O–H groups in total. The molecule has 1 aromatic carbocycles. The zero-order valence-corrected chi connectivity index (χ0v) is 13.0. The summed E-state index contributed by atoms with van der Waals surface area (Å²) in [6.07, 6.45) is 7.65. The summed E-state index contributed by atoms with van der Waals surface area (Å²) < 4.78 is 5.77. The van der Waals surface area contributed by atoms with Crippen LogP contribution < -0.4 is 10.1 Å². The van der Waals surface area contributed by atoms with Gasteiger partial charge in [-0.25, -0.2) is 0 Å². The van der Waals surface area contributed by atoms with Gasteiger partial charge in [0.05, 0.1) is 6.61 Å². The summed E-state index contributed by atoms with van der Waals surface area (Å²) in [6, 6.07) is 9.22. The van der Waals surface area contributed by atoms with E-state index < -0.39 is 0 Å². The van der Waals surface area contributed by atoms with E-state index in [9.17, 15) is 0 Å². The summed E-state index contributed by atoms with van der Waals surface area (Å²) in [5, 5.41) is 3.68. The summed E-state index contributed by atoms with van der Waals surface area (Å²) in [5.74, 6) is 1.71. The molecule has 2 unspecified atom stereocenters. The minimum atomic E-state index is 0.611. The van der Waals surface area contributed by atoms with Gasteiger partial charge in [-0.05, 0) is 38.3 Å². The second kappa shape index (κ2) is 8.31. The van der Waals surface area contributed by atoms with E-state index in [0.717, 1.165) is 18.9 Å². The molecule has 0 saturated carbocycles. The van der Waals surface area contributed by atoms with Crippen LogP contribution in [0.1, 0.15) is 63.9 Å². The molecular formula is C18H29NO. The molecule has 2 rings (SSSR count). The number of fused-ring (bicyclic) bond motifs is 1. The van der Waals surface area contributed by atoms with Gasteiger partial charge in [0.2, 0.25) is 0 Å². The van der Waals surface area contributed by atoms with E-state index in [1.807, 2.05) is 0 Å². The number of ether oxygens (including phenoxy) is 1. The number of para-hydroxylation sites is 1. The zero-order chi connectivity index (χ0) is 14.2. The van der Waals surface area contributed by atoms with E-state index in [1.54, 1.807) is 0 Å². The third-order valence-corrected chi connectivity index (χ3v) is 4.22. The molecule has 1 heterocycles. The standard InChI is InChI=1S/C18H29NO/c1-3-8-16(19-13-4-2)10-7-9-15-14-20-18-12-6-5-11-17(15)18/h5-6,11-12,15-16,19H,3-4,7-10,13-14H2,1-2H3. The van der Waals surface area contributed by atoms with E-state index in [4.69, 9.17) is 4.74 Å². The first-order valence-corrected chi connectivity index (χ1v) is 8.30. The quantitative estimate of drug-likeness (QED) is 0.716. The van der Waals surface area contributed by atoms with E-state index in [0.29, 0.717) is 12.0 Å². The van der Waals surface area contributed by atoms with Crippen LogP contribution in [0.3, 0.4) is 0 Å². The van der Waals surface area contributed by atoms with Gasteiger partial charge >= 0.3 is 0 Å². The van der Waals surface area contributed by atoms with Crippen molar-refractivity contribution >= 4 is 0 Å². The van der Waals surface area contributed by atoms with Crippen molar-refractivity contribution < 1.29 is 4.74 Å². The molecule has 0 fully saturated rings. The molecule has 1 aliphatic rings. The molecular weight excluding hydrogens is 246 g/mol. The summed E-state index contributed by atoms with van der Waals surface area (Å²) in [6.45, 7) is 6.55. The second-order valence-electron chi connectivity index (χ2n) is 5.92. The van der Waals surface area contributed by atoms with Gasteiger partial charge in [-0.1, -0.05) is 44.9 Å². The Kier molecular flexibility index (Phi) is 6.38. The predicted octanol–water partition coefficient (Wildman–Crippen LogP) is 4.50. The summed E-state index contributed by atoms with van der Waals surface area (Å²) in [5.41, 5.74) is 1.42. The van der Waals surface area contributed by atoms with Crippen molar-refractivity contribution in [2.45, 2.75) is 64.3 Å². The average Bonchev–Trinajstić information content (AvgIpc) is 2.88. The van der Waals surface area contributed by atoms with Gasteiger partial charge < -0.3 is 10.1 Å². The third kappa shape index (κ3) is 4.24. The van der Waals surface area contributed by atoms with Crippen LogP contribution in [-0.2, 0) is 0 Å². The minimum absolute atomic E-state index is 0.611. The SMILES string of the molecule is CCCNC(CCC)CCCC1COc2ccccc21. The Morgan fingerprint density at radius 2 is 2.05 bits per heavy atom. The van der Waals surface area contributed by atoms with E-state index in [1.165, 1.54) is 44.1 Å². The monoisotopic (exact) mass is 275 g/mol. The van der Waals surface area contributed by atoms with Crippen molar-refractivity contribution in [2.24, 2.45) is 0 Å². The zero-order valence-electron chi connectivity index (χ0n) is 13.0. The van der Waals surface area contributed by atoms with Gasteiger partial charge in [0.1, 0.15) is 5.75 Å². The molecule has 20 heavy (non-hydrogen) atoms. The molecule has 0 amide bonds. The van der Waals surface area contributed by atoms with Gasteiger partial charge in [0.25, 0.3) is 0 Å². The van der Waals surface area contributed by atoms with Gasteiger partial charge in [0.15, 0.2) is 0 Å². The minimum Gasteiger partial charge on any atom is -0.493 e. The van der Waals surface area contributed by atoms with Crippen molar-refractivity contribution in [2.75, 3.05) is 13.2 Å². The first kappa shape index (κ1) is 15.4. The van der Waals surface area contributed by atoms with Gasteiger partial charge in [-0.15, -0.1) is 0 Å². The maximum atomic E-state index is 5.77. The third-order valence-electron chi connectivity index (χ3n) is 4.22. The molecule has 1 aromatic rings. The van der Waals surface area contributed by atoms with E-state index in [2.05, 4.69) is 43.4 Å². The Morgan fingerprint density at radius 1 is 1.20 bits per heavy atom. The highest BCUT2D eigenvalue weighted by atomic mass is 16.5. The molecule has 2 nitrogen and oxygen atoms in total. The molecule has 1 aliphatic heterocycles. The van der Waals surface area contributed by atoms with Crippen LogP contribution in [0.5, 0.6) is 5.75 Å². The van der Waals surface area contributed by atoms with Crippen LogP contribution >= 0.6 is 0 Å². The van der Waals surface area contributed by atoms with Crippen molar-refractivity contribution in [3.8, 4) is 5.75 Å². The van der Waals surface area contributed by atoms with E-state index in [-0.39, 0.29) is 0 Å². The Morgan fingerprint density at radius 3 is 2.85 bits per heavy atom. The highest BCUT2D eigenvalue weighted by molar-refractivity contribution is 5.39. The average molecular weight is 275 g/mol. The molecule has 112 valence electrons. The molecule has 0 aromatic heterocycles. The van der Waals surface area contributed by atoms with Gasteiger partial charge in [-0.2, -0.15) is 0 Å². The number of benzene rings is 1. The lowest BCUT2D eigenvalue weighted by molar-refractivity contribution is 0.318. The second-order valence-corrected chi connectivity index (χ2v) is 5.92. The van der Waals surface area contributed by atoms with Gasteiger partial charge in [0, 0.05) is 17.5 Å². The number of nitrogens with one attached hydrogen (secondary N) is 1. The van der Waals surface area contributed by atoms with Crippen LogP contribution in [0.15, 0.2) is 24.3 Å². The Bertz CT molecular complexity index is 391. The molecule has 0 aliphatic carbocycles. The normalized spacial score (nSPS) is 18.6. The fraction of sp³-hybridized carbons (Fsp3) is 0.667. The Labute approximate surface area is 123 Å². The molecule has 0 radical (unpaired) electrons. The highest BCUT2D eigenvalue weighted by Crippen LogP contribution is 2.36. The summed E-state index contributed by atoms with van der Waals surface area (Å²) >= 11 is 0. The Hall–Kier alpha value is -1.02. The van der Waals surface area contributed by atoms with Crippen LogP contribution in [-0.4, -0.2) is 19.2 Å². The largest absolute Gasteiger partial charge is 0.493 e. The molecule has 2 heteroatoms. The fourth-order valence-corrected chi connectivity index (χ4v) is 3.12. The van der Waals surface area contributed by atoms with Crippen molar-refractivity contribution in [3.63, 3.8) is 0 Å². The van der Waals surface area contributed by atoms with Crippen molar-refractivity contribution in [3.05, 3.63) is 29.8 Å². The predicted molar refractivity (Wildman–Crippen MR) is 85.5 cm³/mol. The highest BCUT2D eigenvalue weighted by Gasteiger charge is 2.23. The lowest BCUT2D eigenvalue weighted by Gasteiger charge is -2.18. The van der Waals surface area contributed by atoms with E-state index >= 15 is 0 Å². The first-order chi connectivity index (χ1) is 9.85. The molecule has 0 saturated heterocycles. The van der Waals surface area contributed by atoms with Crippen LogP contribution in [0.25, 0.3) is 0 Å². The van der Waals surface area contributed by atoms with Crippen molar-refractivity contribution in [1.29, 1.82) is 0 Å². The lowest BCUT2D eigenvalue weighted by atomic mass is 9.93. The van der Waals surface area contributed by atoms with Crippen LogP contribution in [0.4, 0.5) is 0 Å². The van der Waals surface area contributed by atoms with Crippen LogP contribution in [0, 0.1) is 0 Å². The summed E-state index contributed by atoms with van der Waals surface area (Å²) in [4.78, 5) is 0. The van der Waals surface area contributed by atoms with Crippen molar-refractivity contribution in [1.82, 2.24) is 5.32 Å². The Balaban J connectivity index is 1.75. The van der Waals surface area contributed by atoms with Gasteiger partial charge in [-0.3, -0.25) is 0 Å². The smallest absolute Gasteiger partial charge is 0.122 e. The fourth-order valence-electron chi connectivity index (χ4n) is 3.12.